The lowest BCUT2D eigenvalue weighted by molar-refractivity contribution is 0.0635. The van der Waals surface area contributed by atoms with E-state index in [4.69, 9.17) is 9.72 Å². The lowest BCUT2D eigenvalue weighted by Gasteiger charge is -2.19. The monoisotopic (exact) mass is 620 g/mol. The van der Waals surface area contributed by atoms with Gasteiger partial charge in [0.25, 0.3) is 5.91 Å². The topological polar surface area (TPSA) is 118 Å². The molecule has 0 bridgehead atoms. The molecule has 2 amide bonds. The van der Waals surface area contributed by atoms with Crippen LogP contribution in [0.4, 0.5) is 27.7 Å². The van der Waals surface area contributed by atoms with Crippen LogP contribution in [0.3, 0.4) is 0 Å². The smallest absolute Gasteiger partial charge is 0.412 e. The Bertz CT molecular complexity index is 1830. The van der Waals surface area contributed by atoms with E-state index in [1.54, 1.807) is 6.07 Å². The summed E-state index contributed by atoms with van der Waals surface area (Å²) in [6, 6.07) is 24.6. The summed E-state index contributed by atoms with van der Waals surface area (Å²) in [5.41, 5.74) is 4.58. The molecule has 3 aromatic carbocycles. The Morgan fingerprint density at radius 3 is 2.22 bits per heavy atom. The fourth-order valence-electron chi connectivity index (χ4n) is 4.36. The summed E-state index contributed by atoms with van der Waals surface area (Å²) in [5.74, 6) is 0.614. The minimum Gasteiger partial charge on any atom is -0.444 e. The number of pyridine rings is 1. The fraction of sp³-hybridized carbons (Fsp3) is 0.229. The van der Waals surface area contributed by atoms with Crippen molar-refractivity contribution in [2.45, 2.75) is 62.9 Å². The van der Waals surface area contributed by atoms with E-state index in [2.05, 4.69) is 39.8 Å². The van der Waals surface area contributed by atoms with Crippen LogP contribution in [-0.2, 0) is 4.74 Å². The third-order valence-electron chi connectivity index (χ3n) is 6.64. The number of ether oxygens (including phenoxy) is 1. The van der Waals surface area contributed by atoms with Crippen molar-refractivity contribution >= 4 is 57.7 Å². The molecule has 0 aliphatic carbocycles. The first kappa shape index (κ1) is 31.5. The molecule has 230 valence electrons. The zero-order chi connectivity index (χ0) is 32.1. The Hall–Kier alpha value is -4.96. The van der Waals surface area contributed by atoms with Crippen molar-refractivity contribution in [1.29, 1.82) is 0 Å². The van der Waals surface area contributed by atoms with Crippen LogP contribution in [0.25, 0.3) is 11.0 Å². The zero-order valence-electron chi connectivity index (χ0n) is 26.1. The second kappa shape index (κ2) is 13.4. The molecule has 2 heterocycles. The normalized spacial score (nSPS) is 11.4. The number of nitrogens with one attached hydrogen (secondary N) is 3. The van der Waals surface area contributed by atoms with E-state index in [-0.39, 0.29) is 11.8 Å². The van der Waals surface area contributed by atoms with Gasteiger partial charge in [0, 0.05) is 32.4 Å². The standard InChI is InChI=1S/C35H36N6O3S/c1-21(2)28-17-16-27-31(40-28)36-20-37-32(27)41-29-19-23(33(42)38-24-10-7-22(3)8-11-24)9-18-30(29)45-26-14-12-25(13-15-26)39-34(43)44-35(4,5)6/h7-21H,1-6H3,(H,38,42)(H,39,43)(H,36,37,40,41). The second-order valence-corrected chi connectivity index (χ2v) is 13.0. The number of anilines is 4. The van der Waals surface area contributed by atoms with Crippen LogP contribution in [0.1, 0.15) is 62.2 Å². The largest absolute Gasteiger partial charge is 0.444 e. The van der Waals surface area contributed by atoms with Crippen LogP contribution >= 0.6 is 11.8 Å². The number of nitrogens with zero attached hydrogens (tertiary/aromatic N) is 3. The molecule has 0 aliphatic heterocycles. The summed E-state index contributed by atoms with van der Waals surface area (Å²) >= 11 is 1.51. The Kier molecular flexibility index (Phi) is 9.34. The van der Waals surface area contributed by atoms with E-state index >= 15 is 0 Å². The molecule has 9 nitrogen and oxygen atoms in total. The fourth-order valence-corrected chi connectivity index (χ4v) is 5.24. The summed E-state index contributed by atoms with van der Waals surface area (Å²) in [7, 11) is 0. The Balaban J connectivity index is 1.44. The lowest BCUT2D eigenvalue weighted by Crippen LogP contribution is -2.27. The number of carbonyl (C=O) groups excluding carboxylic acids is 2. The number of hydrogen-bond acceptors (Lipinski definition) is 8. The average molecular weight is 621 g/mol. The number of aromatic nitrogens is 3. The van der Waals surface area contributed by atoms with Crippen LogP contribution in [0.15, 0.2) is 95.0 Å². The first-order valence-electron chi connectivity index (χ1n) is 14.6. The predicted molar refractivity (Wildman–Crippen MR) is 181 cm³/mol. The summed E-state index contributed by atoms with van der Waals surface area (Å²) in [6.45, 7) is 11.6. The predicted octanol–water partition coefficient (Wildman–Crippen LogP) is 8.95. The van der Waals surface area contributed by atoms with Crippen molar-refractivity contribution in [1.82, 2.24) is 15.0 Å². The molecule has 0 fully saturated rings. The van der Waals surface area contributed by atoms with Crippen molar-refractivity contribution < 1.29 is 14.3 Å². The number of fused-ring (bicyclic) bond motifs is 1. The summed E-state index contributed by atoms with van der Waals surface area (Å²) < 4.78 is 5.35. The van der Waals surface area contributed by atoms with Crippen molar-refractivity contribution in [2.75, 3.05) is 16.0 Å². The molecular weight excluding hydrogens is 584 g/mol. The highest BCUT2D eigenvalue weighted by atomic mass is 32.2. The average Bonchev–Trinajstić information content (AvgIpc) is 2.99. The molecule has 0 spiro atoms. The zero-order valence-corrected chi connectivity index (χ0v) is 27.0. The van der Waals surface area contributed by atoms with Gasteiger partial charge in [-0.3, -0.25) is 10.1 Å². The first-order chi connectivity index (χ1) is 21.4. The first-order valence-corrected chi connectivity index (χ1v) is 15.4. The molecule has 0 saturated heterocycles. The third kappa shape index (κ3) is 8.36. The quantitative estimate of drug-likeness (QED) is 0.157. The maximum atomic E-state index is 13.3. The van der Waals surface area contributed by atoms with E-state index in [0.717, 1.165) is 26.4 Å². The minimum absolute atomic E-state index is 0.230. The van der Waals surface area contributed by atoms with Gasteiger partial charge in [-0.2, -0.15) is 0 Å². The molecule has 2 aromatic heterocycles. The second-order valence-electron chi connectivity index (χ2n) is 11.9. The van der Waals surface area contributed by atoms with Crippen LogP contribution in [0, 0.1) is 6.92 Å². The lowest BCUT2D eigenvalue weighted by atomic mass is 10.1. The number of benzene rings is 3. The molecule has 0 aliphatic rings. The van der Waals surface area contributed by atoms with Crippen LogP contribution in [0.5, 0.6) is 0 Å². The van der Waals surface area contributed by atoms with Gasteiger partial charge in [0.15, 0.2) is 5.65 Å². The van der Waals surface area contributed by atoms with Crippen LogP contribution < -0.4 is 16.0 Å². The van der Waals surface area contributed by atoms with Gasteiger partial charge >= 0.3 is 6.09 Å². The Morgan fingerprint density at radius 2 is 1.53 bits per heavy atom. The van der Waals surface area contributed by atoms with Gasteiger partial charge in [-0.05, 0) is 100 Å². The molecule has 3 N–H and O–H groups in total. The molecule has 5 aromatic rings. The van der Waals surface area contributed by atoms with Gasteiger partial charge in [-0.1, -0.05) is 43.3 Å². The summed E-state index contributed by atoms with van der Waals surface area (Å²) in [4.78, 5) is 40.9. The van der Waals surface area contributed by atoms with E-state index in [1.807, 2.05) is 100 Å². The van der Waals surface area contributed by atoms with E-state index in [1.165, 1.54) is 18.1 Å². The molecule has 10 heteroatoms. The van der Waals surface area contributed by atoms with Crippen LogP contribution in [-0.4, -0.2) is 32.6 Å². The van der Waals surface area contributed by atoms with Crippen LogP contribution in [0.2, 0.25) is 0 Å². The highest BCUT2D eigenvalue weighted by molar-refractivity contribution is 7.99. The third-order valence-corrected chi connectivity index (χ3v) is 7.73. The number of hydrogen-bond donors (Lipinski definition) is 3. The maximum absolute atomic E-state index is 13.3. The van der Waals surface area contributed by atoms with Crippen molar-refractivity contribution in [2.24, 2.45) is 0 Å². The van der Waals surface area contributed by atoms with Crippen molar-refractivity contribution in [3.8, 4) is 0 Å². The molecule has 0 unspecified atom stereocenters. The molecule has 0 radical (unpaired) electrons. The molecular formula is C35H36N6O3S. The van der Waals surface area contributed by atoms with Crippen molar-refractivity contribution in [3.05, 3.63) is 102 Å². The van der Waals surface area contributed by atoms with Gasteiger partial charge in [0.2, 0.25) is 0 Å². The van der Waals surface area contributed by atoms with E-state index < -0.39 is 11.7 Å². The highest BCUT2D eigenvalue weighted by Gasteiger charge is 2.17. The molecule has 0 atom stereocenters. The van der Waals surface area contributed by atoms with Gasteiger partial charge in [0.05, 0.1) is 11.1 Å². The molecule has 45 heavy (non-hydrogen) atoms. The number of rotatable bonds is 8. The van der Waals surface area contributed by atoms with Gasteiger partial charge in [-0.25, -0.2) is 19.7 Å². The number of aryl methyl sites for hydroxylation is 1. The summed E-state index contributed by atoms with van der Waals surface area (Å²) in [6.07, 6.45) is 0.972. The van der Waals surface area contributed by atoms with Gasteiger partial charge in [0.1, 0.15) is 17.7 Å². The van der Waals surface area contributed by atoms with Gasteiger partial charge in [-0.15, -0.1) is 0 Å². The van der Waals surface area contributed by atoms with Gasteiger partial charge < -0.3 is 15.4 Å². The Labute approximate surface area is 267 Å². The summed E-state index contributed by atoms with van der Waals surface area (Å²) in [5, 5.41) is 9.94. The SMILES string of the molecule is Cc1ccc(NC(=O)c2ccc(Sc3ccc(NC(=O)OC(C)(C)C)cc3)c(Nc3ncnc4nc(C(C)C)ccc34)c2)cc1. The maximum Gasteiger partial charge on any atom is 0.412 e. The number of carbonyl (C=O) groups is 2. The minimum atomic E-state index is -0.589. The molecule has 0 saturated carbocycles. The number of amides is 2. The van der Waals surface area contributed by atoms with Crippen molar-refractivity contribution in [3.63, 3.8) is 0 Å². The van der Waals surface area contributed by atoms with E-state index in [9.17, 15) is 9.59 Å². The Morgan fingerprint density at radius 1 is 0.844 bits per heavy atom. The highest BCUT2D eigenvalue weighted by Crippen LogP contribution is 2.37. The molecule has 5 rings (SSSR count). The van der Waals surface area contributed by atoms with E-state index in [0.29, 0.717) is 34.1 Å².